The second-order valence-electron chi connectivity index (χ2n) is 5.70. The molecule has 0 unspecified atom stereocenters. The zero-order chi connectivity index (χ0) is 15.1. The van der Waals surface area contributed by atoms with Crippen molar-refractivity contribution >= 4 is 33.0 Å². The lowest BCUT2D eigenvalue weighted by Gasteiger charge is -2.29. The first-order valence-electron chi connectivity index (χ1n) is 7.18. The lowest BCUT2D eigenvalue weighted by atomic mass is 10.1. The normalized spacial score (nSPS) is 16.6. The highest BCUT2D eigenvalue weighted by Gasteiger charge is 2.26. The number of fused-ring (bicyclic) bond motifs is 1. The summed E-state index contributed by atoms with van der Waals surface area (Å²) >= 11 is 1.47. The average molecular weight is 304 g/mol. The molecule has 0 saturated carbocycles. The number of anilines is 1. The first-order chi connectivity index (χ1) is 9.97. The maximum atomic E-state index is 12.7. The van der Waals surface area contributed by atoms with Gasteiger partial charge in [0, 0.05) is 40.6 Å². The zero-order valence-corrected chi connectivity index (χ0v) is 13.2. The Balaban J connectivity index is 1.99. The summed E-state index contributed by atoms with van der Waals surface area (Å²) in [7, 11) is 0. The monoisotopic (exact) mass is 304 g/mol. The molecular weight excluding hydrogens is 284 g/mol. The van der Waals surface area contributed by atoms with E-state index in [0.717, 1.165) is 34.3 Å². The van der Waals surface area contributed by atoms with Gasteiger partial charge < -0.3 is 16.4 Å². The molecule has 4 N–H and O–H groups in total. The third-order valence-electron chi connectivity index (χ3n) is 4.04. The summed E-state index contributed by atoms with van der Waals surface area (Å²) in [6.45, 7) is 5.32. The third-order valence-corrected chi connectivity index (χ3v) is 5.18. The summed E-state index contributed by atoms with van der Waals surface area (Å²) in [5.41, 5.74) is 14.5. The van der Waals surface area contributed by atoms with Crippen LogP contribution in [0.1, 0.15) is 33.9 Å². The van der Waals surface area contributed by atoms with E-state index in [2.05, 4.69) is 4.98 Å². The van der Waals surface area contributed by atoms with Crippen molar-refractivity contribution in [2.75, 3.05) is 18.8 Å². The minimum absolute atomic E-state index is 0.0256. The highest BCUT2D eigenvalue weighted by atomic mass is 32.1. The minimum atomic E-state index is 0.0256. The molecule has 1 aliphatic heterocycles. The number of carbonyl (C=O) groups excluding carboxylic acids is 1. The van der Waals surface area contributed by atoms with E-state index in [1.54, 1.807) is 0 Å². The first-order valence-corrected chi connectivity index (χ1v) is 8.00. The largest absolute Gasteiger partial charge is 0.397 e. The predicted molar refractivity (Wildman–Crippen MR) is 86.6 cm³/mol. The molecule has 0 radical (unpaired) electrons. The molecule has 1 fully saturated rings. The maximum absolute atomic E-state index is 12.7. The van der Waals surface area contributed by atoms with Gasteiger partial charge in [-0.05, 0) is 32.8 Å². The van der Waals surface area contributed by atoms with E-state index in [9.17, 15) is 4.79 Å². The Hall–Kier alpha value is -1.66. The number of hydrogen-bond acceptors (Lipinski definition) is 5. The van der Waals surface area contributed by atoms with E-state index in [-0.39, 0.29) is 11.9 Å². The SMILES string of the molecule is Cc1cc2sc(C(=O)N3CCC(N)CC3)c(N)c2c(C)n1. The summed E-state index contributed by atoms with van der Waals surface area (Å²) in [5, 5.41) is 0.919. The van der Waals surface area contributed by atoms with E-state index in [1.807, 2.05) is 24.8 Å². The van der Waals surface area contributed by atoms with E-state index in [0.29, 0.717) is 23.7 Å². The lowest BCUT2D eigenvalue weighted by molar-refractivity contribution is 0.0720. The van der Waals surface area contributed by atoms with Gasteiger partial charge in [-0.15, -0.1) is 11.3 Å². The summed E-state index contributed by atoms with van der Waals surface area (Å²) in [6, 6.07) is 2.20. The predicted octanol–water partition coefficient (Wildman–Crippen LogP) is 2.06. The van der Waals surface area contributed by atoms with Crippen molar-refractivity contribution in [3.63, 3.8) is 0 Å². The van der Waals surface area contributed by atoms with Crippen LogP contribution in [0.15, 0.2) is 6.07 Å². The molecule has 1 amide bonds. The number of nitrogens with zero attached hydrogens (tertiary/aromatic N) is 2. The number of aryl methyl sites for hydroxylation is 2. The summed E-state index contributed by atoms with van der Waals surface area (Å²) in [5.74, 6) is 0.0256. The Morgan fingerprint density at radius 3 is 2.71 bits per heavy atom. The van der Waals surface area contributed by atoms with Gasteiger partial charge in [0.2, 0.25) is 0 Å². The molecule has 6 heteroatoms. The minimum Gasteiger partial charge on any atom is -0.397 e. The summed E-state index contributed by atoms with van der Waals surface area (Å²) < 4.78 is 1.04. The number of thiophene rings is 1. The van der Waals surface area contributed by atoms with Gasteiger partial charge in [0.05, 0.1) is 5.69 Å². The van der Waals surface area contributed by atoms with Gasteiger partial charge in [0.15, 0.2) is 0 Å². The fraction of sp³-hybridized carbons (Fsp3) is 0.467. The molecule has 5 nitrogen and oxygen atoms in total. The van der Waals surface area contributed by atoms with Gasteiger partial charge in [-0.2, -0.15) is 0 Å². The number of nitrogens with two attached hydrogens (primary N) is 2. The molecule has 112 valence electrons. The van der Waals surface area contributed by atoms with E-state index in [1.165, 1.54) is 11.3 Å². The molecule has 3 heterocycles. The number of pyridine rings is 1. The molecule has 2 aromatic rings. The van der Waals surface area contributed by atoms with Crippen LogP contribution in [0.2, 0.25) is 0 Å². The zero-order valence-electron chi connectivity index (χ0n) is 12.3. The molecule has 0 atom stereocenters. The van der Waals surface area contributed by atoms with E-state index >= 15 is 0 Å². The highest BCUT2D eigenvalue weighted by Crippen LogP contribution is 2.36. The molecule has 0 bridgehead atoms. The van der Waals surface area contributed by atoms with Gasteiger partial charge in [-0.25, -0.2) is 0 Å². The van der Waals surface area contributed by atoms with Crippen LogP contribution in [-0.4, -0.2) is 34.9 Å². The van der Waals surface area contributed by atoms with Crippen LogP contribution in [0.5, 0.6) is 0 Å². The second-order valence-corrected chi connectivity index (χ2v) is 6.75. The number of piperidine rings is 1. The Morgan fingerprint density at radius 2 is 2.05 bits per heavy atom. The van der Waals surface area contributed by atoms with Crippen molar-refractivity contribution in [3.05, 3.63) is 22.3 Å². The fourth-order valence-corrected chi connectivity index (χ4v) is 4.12. The molecule has 0 aromatic carbocycles. The second kappa shape index (κ2) is 5.27. The number of nitrogen functional groups attached to an aromatic ring is 1. The quantitative estimate of drug-likeness (QED) is 0.844. The van der Waals surface area contributed by atoms with Gasteiger partial charge in [-0.3, -0.25) is 9.78 Å². The number of rotatable bonds is 1. The summed E-state index contributed by atoms with van der Waals surface area (Å²) in [6.07, 6.45) is 1.71. The van der Waals surface area contributed by atoms with E-state index in [4.69, 9.17) is 11.5 Å². The molecule has 1 saturated heterocycles. The van der Waals surface area contributed by atoms with Crippen molar-refractivity contribution in [2.45, 2.75) is 32.7 Å². The average Bonchev–Trinajstić information content (AvgIpc) is 2.76. The third kappa shape index (κ3) is 2.49. The van der Waals surface area contributed by atoms with Crippen molar-refractivity contribution in [1.29, 1.82) is 0 Å². The topological polar surface area (TPSA) is 85.2 Å². The van der Waals surface area contributed by atoms with Crippen LogP contribution in [0.25, 0.3) is 10.1 Å². The molecular formula is C15H20N4OS. The standard InChI is InChI=1S/C15H20N4OS/c1-8-7-11-12(9(2)18-8)13(17)14(21-11)15(20)19-5-3-10(16)4-6-19/h7,10H,3-6,16-17H2,1-2H3. The Bertz CT molecular complexity index is 701. The Labute approximate surface area is 127 Å². The van der Waals surface area contributed by atoms with Gasteiger partial charge in [0.25, 0.3) is 5.91 Å². The van der Waals surface area contributed by atoms with Gasteiger partial charge >= 0.3 is 0 Å². The highest BCUT2D eigenvalue weighted by molar-refractivity contribution is 7.21. The maximum Gasteiger partial charge on any atom is 0.266 e. The van der Waals surface area contributed by atoms with Crippen molar-refractivity contribution in [2.24, 2.45) is 5.73 Å². The van der Waals surface area contributed by atoms with Crippen molar-refractivity contribution in [3.8, 4) is 0 Å². The molecule has 1 aliphatic rings. The smallest absolute Gasteiger partial charge is 0.266 e. The van der Waals surface area contributed by atoms with Crippen LogP contribution in [0, 0.1) is 13.8 Å². The van der Waals surface area contributed by atoms with Gasteiger partial charge in [-0.1, -0.05) is 0 Å². The Kier molecular flexibility index (Phi) is 3.59. The molecule has 2 aromatic heterocycles. The fourth-order valence-electron chi connectivity index (χ4n) is 2.88. The molecule has 0 aliphatic carbocycles. The number of likely N-dealkylation sites (tertiary alicyclic amines) is 1. The van der Waals surface area contributed by atoms with Gasteiger partial charge in [0.1, 0.15) is 4.88 Å². The van der Waals surface area contributed by atoms with Crippen LogP contribution < -0.4 is 11.5 Å². The lowest BCUT2D eigenvalue weighted by Crippen LogP contribution is -2.42. The van der Waals surface area contributed by atoms with Crippen LogP contribution in [0.3, 0.4) is 0 Å². The van der Waals surface area contributed by atoms with Crippen molar-refractivity contribution < 1.29 is 4.79 Å². The number of amides is 1. The molecule has 0 spiro atoms. The van der Waals surface area contributed by atoms with Crippen LogP contribution in [0.4, 0.5) is 5.69 Å². The number of carbonyl (C=O) groups is 1. The Morgan fingerprint density at radius 1 is 1.38 bits per heavy atom. The number of hydrogen-bond donors (Lipinski definition) is 2. The van der Waals surface area contributed by atoms with Crippen molar-refractivity contribution in [1.82, 2.24) is 9.88 Å². The first kappa shape index (κ1) is 14.3. The number of aromatic nitrogens is 1. The summed E-state index contributed by atoms with van der Waals surface area (Å²) in [4.78, 5) is 19.6. The van der Waals surface area contributed by atoms with Crippen LogP contribution >= 0.6 is 11.3 Å². The molecule has 3 rings (SSSR count). The van der Waals surface area contributed by atoms with Crippen LogP contribution in [-0.2, 0) is 0 Å². The molecule has 21 heavy (non-hydrogen) atoms. The van der Waals surface area contributed by atoms with E-state index < -0.39 is 0 Å².